The van der Waals surface area contributed by atoms with Gasteiger partial charge in [0.1, 0.15) is 41.1 Å². The molecular weight excluding hydrogens is 652 g/mol. The van der Waals surface area contributed by atoms with Crippen LogP contribution in [0.4, 0.5) is 4.79 Å². The first kappa shape index (κ1) is 38.4. The molecular formula is C38H48N6O7. The summed E-state index contributed by atoms with van der Waals surface area (Å²) in [4.78, 5) is 51.1. The van der Waals surface area contributed by atoms with Gasteiger partial charge in [-0.15, -0.1) is 0 Å². The van der Waals surface area contributed by atoms with E-state index in [0.717, 1.165) is 10.9 Å². The number of hydrogen-bond acceptors (Lipinski definition) is 10. The molecule has 1 fully saturated rings. The van der Waals surface area contributed by atoms with Crippen LogP contribution in [-0.2, 0) is 19.1 Å². The number of hydrogen-bond donors (Lipinski definition) is 2. The van der Waals surface area contributed by atoms with Crippen molar-refractivity contribution >= 4 is 34.7 Å². The first-order chi connectivity index (χ1) is 24.3. The Morgan fingerprint density at radius 3 is 2.43 bits per heavy atom. The second-order valence-electron chi connectivity index (χ2n) is 13.7. The highest BCUT2D eigenvalue weighted by molar-refractivity contribution is 5.96. The molecule has 2 N–H and O–H groups in total. The summed E-state index contributed by atoms with van der Waals surface area (Å²) in [5.74, 6) is -0.00984. The number of amidine groups is 1. The van der Waals surface area contributed by atoms with Crippen molar-refractivity contribution in [3.63, 3.8) is 0 Å². The molecule has 272 valence electrons. The molecule has 1 unspecified atom stereocenters. The van der Waals surface area contributed by atoms with E-state index in [1.165, 1.54) is 7.11 Å². The van der Waals surface area contributed by atoms with Crippen LogP contribution in [0.2, 0.25) is 0 Å². The number of ether oxygens (including phenoxy) is 4. The van der Waals surface area contributed by atoms with E-state index in [9.17, 15) is 19.6 Å². The van der Waals surface area contributed by atoms with Gasteiger partial charge in [-0.2, -0.15) is 5.26 Å². The molecule has 13 heteroatoms. The summed E-state index contributed by atoms with van der Waals surface area (Å²) >= 11 is 0. The largest absolute Gasteiger partial charge is 0.497 e. The number of nitrogens with one attached hydrogen (secondary N) is 2. The lowest BCUT2D eigenvalue weighted by Gasteiger charge is -2.32. The van der Waals surface area contributed by atoms with Gasteiger partial charge in [0.05, 0.1) is 38.0 Å². The van der Waals surface area contributed by atoms with E-state index in [0.29, 0.717) is 35.6 Å². The standard InChI is InChI=1S/C38H48N6O7/c1-9-13-28(36(46)49-8)42-34(40-22-39)31-19-26(21-44(31)35(45)33(23(2)3)43-37(47)51-38(4,5)6)50-32-20-29(24-14-11-10-12-15-24)41-30-18-25(48-7)16-17-27(30)32/h10-12,14-18,20,23,26,28,31,33H,9,13,19,21H2,1-8H3,(H,40,42)(H,43,47)/t26-,28?,31+,33+/m1/s1. The van der Waals surface area contributed by atoms with E-state index in [4.69, 9.17) is 23.9 Å². The molecule has 1 saturated heterocycles. The zero-order chi connectivity index (χ0) is 37.3. The minimum atomic E-state index is -0.976. The van der Waals surface area contributed by atoms with Gasteiger partial charge in [0.2, 0.25) is 5.91 Å². The molecule has 1 aliphatic heterocycles. The molecule has 0 bridgehead atoms. The summed E-state index contributed by atoms with van der Waals surface area (Å²) in [6.45, 7) is 10.9. The van der Waals surface area contributed by atoms with Crippen molar-refractivity contribution < 1.29 is 33.3 Å². The number of aliphatic imine (C=N–C) groups is 1. The maximum Gasteiger partial charge on any atom is 0.408 e. The summed E-state index contributed by atoms with van der Waals surface area (Å²) in [5, 5.41) is 15.9. The Labute approximate surface area is 299 Å². The van der Waals surface area contributed by atoms with E-state index in [1.54, 1.807) is 32.8 Å². The molecule has 1 aromatic heterocycles. The number of esters is 1. The number of amides is 2. The Kier molecular flexibility index (Phi) is 12.8. The average molecular weight is 701 g/mol. The topological polar surface area (TPSA) is 164 Å². The van der Waals surface area contributed by atoms with E-state index in [-0.39, 0.29) is 24.7 Å². The van der Waals surface area contributed by atoms with Crippen LogP contribution in [-0.4, -0.2) is 84.3 Å². The Balaban J connectivity index is 1.79. The zero-order valence-electron chi connectivity index (χ0n) is 30.6. The van der Waals surface area contributed by atoms with Crippen LogP contribution in [0.15, 0.2) is 59.6 Å². The molecule has 1 aliphatic rings. The molecule has 51 heavy (non-hydrogen) atoms. The predicted molar refractivity (Wildman–Crippen MR) is 193 cm³/mol. The van der Waals surface area contributed by atoms with E-state index < -0.39 is 47.8 Å². The molecule has 2 amide bonds. The van der Waals surface area contributed by atoms with Crippen LogP contribution in [0.5, 0.6) is 11.5 Å². The molecule has 13 nitrogen and oxygen atoms in total. The first-order valence-corrected chi connectivity index (χ1v) is 17.1. The summed E-state index contributed by atoms with van der Waals surface area (Å²) in [6, 6.07) is 14.4. The van der Waals surface area contributed by atoms with Crippen molar-refractivity contribution in [1.29, 1.82) is 5.26 Å². The molecule has 0 saturated carbocycles. The maximum atomic E-state index is 14.4. The molecule has 3 aromatic rings. The van der Waals surface area contributed by atoms with Crippen LogP contribution in [0, 0.1) is 17.4 Å². The number of pyridine rings is 1. The quantitative estimate of drug-likeness (QED) is 0.0797. The number of carbonyl (C=O) groups is 3. The van der Waals surface area contributed by atoms with Gasteiger partial charge in [0.25, 0.3) is 0 Å². The molecule has 4 rings (SSSR count). The Hall–Kier alpha value is -5.38. The van der Waals surface area contributed by atoms with Gasteiger partial charge in [-0.05, 0) is 45.2 Å². The number of aromatic nitrogens is 1. The summed E-state index contributed by atoms with van der Waals surface area (Å²) in [6.07, 6.45) is 1.82. The van der Waals surface area contributed by atoms with Crippen molar-refractivity contribution in [3.8, 4) is 28.9 Å². The number of methoxy groups -OCH3 is 2. The minimum absolute atomic E-state index is 0.0894. The fourth-order valence-corrected chi connectivity index (χ4v) is 5.92. The van der Waals surface area contributed by atoms with Crippen LogP contribution in [0.1, 0.15) is 60.8 Å². The Morgan fingerprint density at radius 2 is 1.82 bits per heavy atom. The van der Waals surface area contributed by atoms with Gasteiger partial charge < -0.3 is 29.2 Å². The first-order valence-electron chi connectivity index (χ1n) is 17.1. The highest BCUT2D eigenvalue weighted by atomic mass is 16.6. The van der Waals surface area contributed by atoms with Gasteiger partial charge in [-0.25, -0.2) is 14.6 Å². The third-order valence-electron chi connectivity index (χ3n) is 8.32. The Bertz CT molecular complexity index is 1770. The number of fused-ring (bicyclic) bond motifs is 1. The highest BCUT2D eigenvalue weighted by Gasteiger charge is 2.44. The van der Waals surface area contributed by atoms with Crippen LogP contribution in [0.25, 0.3) is 22.2 Å². The zero-order valence-corrected chi connectivity index (χ0v) is 30.6. The van der Waals surface area contributed by atoms with Gasteiger partial charge in [0.15, 0.2) is 6.19 Å². The number of nitrogens with zero attached hydrogens (tertiary/aromatic N) is 4. The Morgan fingerprint density at radius 1 is 1.10 bits per heavy atom. The van der Waals surface area contributed by atoms with Gasteiger partial charge in [0, 0.05) is 29.5 Å². The molecule has 4 atom stereocenters. The SMILES string of the molecule is CCCC(N=C(NC#N)[C@@H]1C[C@@H](Oc2cc(-c3ccccc3)nc3cc(OC)ccc23)CN1C(=O)[C@@H](NC(=O)OC(C)(C)C)C(C)C)C(=O)OC. The normalized spacial score (nSPS) is 17.3. The second-order valence-corrected chi connectivity index (χ2v) is 13.7. The highest BCUT2D eigenvalue weighted by Crippen LogP contribution is 2.35. The third-order valence-corrected chi connectivity index (χ3v) is 8.32. The molecule has 2 aromatic carbocycles. The van der Waals surface area contributed by atoms with E-state index in [1.807, 2.05) is 81.6 Å². The summed E-state index contributed by atoms with van der Waals surface area (Å²) < 4.78 is 22.7. The van der Waals surface area contributed by atoms with Crippen molar-refractivity contribution in [2.24, 2.45) is 10.9 Å². The number of likely N-dealkylation sites (tertiary alicyclic amines) is 1. The fraction of sp³-hybridized carbons (Fsp3) is 0.474. The van der Waals surface area contributed by atoms with Gasteiger partial charge in [-0.1, -0.05) is 57.5 Å². The lowest BCUT2D eigenvalue weighted by atomic mass is 10.0. The maximum absolute atomic E-state index is 14.4. The summed E-state index contributed by atoms with van der Waals surface area (Å²) in [5.41, 5.74) is 1.45. The predicted octanol–water partition coefficient (Wildman–Crippen LogP) is 5.62. The molecule has 0 radical (unpaired) electrons. The number of benzene rings is 2. The number of carbonyl (C=O) groups excluding carboxylic acids is 3. The number of nitriles is 1. The number of rotatable bonds is 12. The van der Waals surface area contributed by atoms with Crippen molar-refractivity contribution in [3.05, 3.63) is 54.6 Å². The lowest BCUT2D eigenvalue weighted by Crippen LogP contribution is -2.55. The monoisotopic (exact) mass is 700 g/mol. The van der Waals surface area contributed by atoms with E-state index in [2.05, 4.69) is 15.6 Å². The van der Waals surface area contributed by atoms with Crippen molar-refractivity contribution in [1.82, 2.24) is 20.5 Å². The van der Waals surface area contributed by atoms with Crippen LogP contribution in [0.3, 0.4) is 0 Å². The second kappa shape index (κ2) is 17.0. The van der Waals surface area contributed by atoms with Crippen molar-refractivity contribution in [2.75, 3.05) is 20.8 Å². The third kappa shape index (κ3) is 9.87. The van der Waals surface area contributed by atoms with Crippen molar-refractivity contribution in [2.45, 2.75) is 90.6 Å². The molecule has 0 aliphatic carbocycles. The van der Waals surface area contributed by atoms with Crippen LogP contribution < -0.4 is 20.1 Å². The molecule has 2 heterocycles. The fourth-order valence-electron chi connectivity index (χ4n) is 5.92. The molecule has 0 spiro atoms. The van der Waals surface area contributed by atoms with Gasteiger partial charge >= 0.3 is 12.1 Å². The van der Waals surface area contributed by atoms with Crippen LogP contribution >= 0.6 is 0 Å². The van der Waals surface area contributed by atoms with E-state index >= 15 is 0 Å². The van der Waals surface area contributed by atoms with Gasteiger partial charge in [-0.3, -0.25) is 15.1 Å². The number of alkyl carbamates (subject to hydrolysis) is 1. The minimum Gasteiger partial charge on any atom is -0.497 e. The smallest absolute Gasteiger partial charge is 0.408 e. The lowest BCUT2D eigenvalue weighted by molar-refractivity contribution is -0.142. The average Bonchev–Trinajstić information content (AvgIpc) is 3.52. The summed E-state index contributed by atoms with van der Waals surface area (Å²) in [7, 11) is 2.87.